The van der Waals surface area contributed by atoms with E-state index in [4.69, 9.17) is 9.47 Å². The second-order valence-electron chi connectivity index (χ2n) is 7.05. The molecule has 150 valence electrons. The summed E-state index contributed by atoms with van der Waals surface area (Å²) < 4.78 is 12.8. The third-order valence-corrected chi connectivity index (χ3v) is 4.78. The summed E-state index contributed by atoms with van der Waals surface area (Å²) in [5.41, 5.74) is 2.48. The number of nitrogens with one attached hydrogen (secondary N) is 1. The second-order valence-corrected chi connectivity index (χ2v) is 7.05. The normalized spacial score (nSPS) is 14.4. The average Bonchev–Trinajstić information content (AvgIpc) is 3.48. The Labute approximate surface area is 168 Å². The van der Waals surface area contributed by atoms with Gasteiger partial charge in [0.15, 0.2) is 5.82 Å². The van der Waals surface area contributed by atoms with Crippen molar-refractivity contribution < 1.29 is 14.3 Å². The number of amides is 1. The smallest absolute Gasteiger partial charge is 0.253 e. The molecule has 1 saturated carbocycles. The van der Waals surface area contributed by atoms with Crippen LogP contribution in [0.1, 0.15) is 31.4 Å². The Morgan fingerprint density at radius 2 is 2.07 bits per heavy atom. The fraction of sp³-hybridized carbons (Fsp3) is 0.333. The van der Waals surface area contributed by atoms with E-state index in [-0.39, 0.29) is 5.91 Å². The molecule has 1 amide bonds. The Morgan fingerprint density at radius 1 is 1.24 bits per heavy atom. The molecule has 3 aromatic rings. The van der Waals surface area contributed by atoms with Crippen LogP contribution < -0.4 is 10.1 Å². The Bertz CT molecular complexity index is 999. The van der Waals surface area contributed by atoms with Gasteiger partial charge in [0.25, 0.3) is 5.91 Å². The standard InChI is InChI=1S/C21H23N5O3/c1-14(29-13-15-5-3-8-19(11-15)28-2)21(27)22-17-7-4-6-16(12-17)20-23-24-25-26(20)18-9-10-18/h3-8,11-12,14,18H,9-10,13H2,1-2H3,(H,22,27). The van der Waals surface area contributed by atoms with Gasteiger partial charge in [-0.1, -0.05) is 24.3 Å². The highest BCUT2D eigenvalue weighted by Gasteiger charge is 2.28. The highest BCUT2D eigenvalue weighted by molar-refractivity contribution is 5.94. The van der Waals surface area contributed by atoms with Crippen molar-refractivity contribution in [3.8, 4) is 17.1 Å². The lowest BCUT2D eigenvalue weighted by Gasteiger charge is -2.14. The molecule has 0 aliphatic heterocycles. The Hall–Kier alpha value is -3.26. The van der Waals surface area contributed by atoms with E-state index in [1.54, 1.807) is 14.0 Å². The highest BCUT2D eigenvalue weighted by Crippen LogP contribution is 2.36. The molecule has 0 radical (unpaired) electrons. The Morgan fingerprint density at radius 3 is 2.86 bits per heavy atom. The number of ether oxygens (including phenoxy) is 2. The summed E-state index contributed by atoms with van der Waals surface area (Å²) in [5.74, 6) is 1.26. The van der Waals surface area contributed by atoms with E-state index >= 15 is 0 Å². The maximum atomic E-state index is 12.5. The first-order chi connectivity index (χ1) is 14.1. The molecule has 29 heavy (non-hydrogen) atoms. The van der Waals surface area contributed by atoms with E-state index in [2.05, 4.69) is 20.8 Å². The molecule has 1 aliphatic rings. The van der Waals surface area contributed by atoms with Gasteiger partial charge in [-0.2, -0.15) is 0 Å². The largest absolute Gasteiger partial charge is 0.497 e. The second kappa shape index (κ2) is 8.40. The molecular formula is C21H23N5O3. The first kappa shape index (κ1) is 19.1. The molecule has 4 rings (SSSR count). The van der Waals surface area contributed by atoms with E-state index < -0.39 is 6.10 Å². The predicted octanol–water partition coefficient (Wildman–Crippen LogP) is 3.23. The van der Waals surface area contributed by atoms with E-state index in [1.807, 2.05) is 53.2 Å². The lowest BCUT2D eigenvalue weighted by atomic mass is 10.2. The molecule has 1 aliphatic carbocycles. The lowest BCUT2D eigenvalue weighted by molar-refractivity contribution is -0.127. The van der Waals surface area contributed by atoms with Crippen molar-refractivity contribution in [3.63, 3.8) is 0 Å². The number of nitrogens with zero attached hydrogens (tertiary/aromatic N) is 4. The van der Waals surface area contributed by atoms with E-state index in [0.717, 1.165) is 29.7 Å². The number of tetrazole rings is 1. The molecule has 8 nitrogen and oxygen atoms in total. The van der Waals surface area contributed by atoms with Crippen molar-refractivity contribution in [2.24, 2.45) is 0 Å². The van der Waals surface area contributed by atoms with Crippen LogP contribution in [-0.2, 0) is 16.1 Å². The van der Waals surface area contributed by atoms with Crippen molar-refractivity contribution in [2.75, 3.05) is 12.4 Å². The minimum Gasteiger partial charge on any atom is -0.497 e. The zero-order valence-corrected chi connectivity index (χ0v) is 16.4. The van der Waals surface area contributed by atoms with E-state index in [9.17, 15) is 4.79 Å². The van der Waals surface area contributed by atoms with Crippen LogP contribution in [0.15, 0.2) is 48.5 Å². The zero-order valence-electron chi connectivity index (χ0n) is 16.4. The van der Waals surface area contributed by atoms with Crippen molar-refractivity contribution in [3.05, 3.63) is 54.1 Å². The van der Waals surface area contributed by atoms with Gasteiger partial charge in [-0.25, -0.2) is 4.68 Å². The van der Waals surface area contributed by atoms with Gasteiger partial charge in [0.2, 0.25) is 0 Å². The third-order valence-electron chi connectivity index (χ3n) is 4.78. The minimum atomic E-state index is -0.610. The van der Waals surface area contributed by atoms with Crippen molar-refractivity contribution in [1.29, 1.82) is 0 Å². The van der Waals surface area contributed by atoms with Crippen molar-refractivity contribution >= 4 is 11.6 Å². The Kier molecular flexibility index (Phi) is 5.53. The number of hydrogen-bond donors (Lipinski definition) is 1. The summed E-state index contributed by atoms with van der Waals surface area (Å²) in [7, 11) is 1.62. The molecule has 8 heteroatoms. The first-order valence-corrected chi connectivity index (χ1v) is 9.58. The molecule has 0 saturated heterocycles. The van der Waals surface area contributed by atoms with Crippen LogP contribution in [-0.4, -0.2) is 39.3 Å². The van der Waals surface area contributed by atoms with Crippen LogP contribution in [0, 0.1) is 0 Å². The van der Waals surface area contributed by atoms with Gasteiger partial charge in [0.1, 0.15) is 11.9 Å². The van der Waals surface area contributed by atoms with E-state index in [1.165, 1.54) is 0 Å². The fourth-order valence-corrected chi connectivity index (χ4v) is 2.99. The van der Waals surface area contributed by atoms with Gasteiger partial charge in [-0.15, -0.1) is 5.10 Å². The summed E-state index contributed by atoms with van der Waals surface area (Å²) in [5, 5.41) is 14.9. The van der Waals surface area contributed by atoms with Gasteiger partial charge in [-0.3, -0.25) is 4.79 Å². The molecule has 1 atom stereocenters. The first-order valence-electron chi connectivity index (χ1n) is 9.58. The van der Waals surface area contributed by atoms with Gasteiger partial charge in [0, 0.05) is 11.3 Å². The summed E-state index contributed by atoms with van der Waals surface area (Å²) in [6.45, 7) is 2.05. The SMILES string of the molecule is COc1cccc(COC(C)C(=O)Nc2cccc(-c3nnnn3C3CC3)c2)c1. The maximum Gasteiger partial charge on any atom is 0.253 e. The number of hydrogen-bond acceptors (Lipinski definition) is 6. The summed E-state index contributed by atoms with van der Waals surface area (Å²) in [6.07, 6.45) is 1.58. The van der Waals surface area contributed by atoms with Crippen LogP contribution >= 0.6 is 0 Å². The molecule has 0 spiro atoms. The quantitative estimate of drug-likeness (QED) is 0.632. The molecule has 2 aromatic carbocycles. The summed E-state index contributed by atoms with van der Waals surface area (Å²) in [6, 6.07) is 15.5. The molecular weight excluding hydrogens is 370 g/mol. The average molecular weight is 393 g/mol. The topological polar surface area (TPSA) is 91.2 Å². The number of anilines is 1. The summed E-state index contributed by atoms with van der Waals surface area (Å²) >= 11 is 0. The van der Waals surface area contributed by atoms with Gasteiger partial charge in [-0.05, 0) is 60.0 Å². The number of benzene rings is 2. The maximum absolute atomic E-state index is 12.5. The van der Waals surface area contributed by atoms with Crippen molar-refractivity contribution in [1.82, 2.24) is 20.2 Å². The van der Waals surface area contributed by atoms with Crippen LogP contribution in [0.3, 0.4) is 0 Å². The number of aromatic nitrogens is 4. The van der Waals surface area contributed by atoms with Gasteiger partial charge >= 0.3 is 0 Å². The molecule has 1 aromatic heterocycles. The van der Waals surface area contributed by atoms with Crippen molar-refractivity contribution in [2.45, 2.75) is 38.5 Å². The van der Waals surface area contributed by atoms with Crippen LogP contribution in [0.5, 0.6) is 5.75 Å². The van der Waals surface area contributed by atoms with Crippen LogP contribution in [0.25, 0.3) is 11.4 Å². The lowest BCUT2D eigenvalue weighted by Crippen LogP contribution is -2.27. The van der Waals surface area contributed by atoms with E-state index in [0.29, 0.717) is 24.2 Å². The van der Waals surface area contributed by atoms with Gasteiger partial charge < -0.3 is 14.8 Å². The van der Waals surface area contributed by atoms with Crippen LogP contribution in [0.2, 0.25) is 0 Å². The molecule has 0 bridgehead atoms. The Balaban J connectivity index is 1.38. The molecule has 1 unspecified atom stereocenters. The highest BCUT2D eigenvalue weighted by atomic mass is 16.5. The number of rotatable bonds is 8. The minimum absolute atomic E-state index is 0.216. The number of methoxy groups -OCH3 is 1. The molecule has 1 heterocycles. The predicted molar refractivity (Wildman–Crippen MR) is 107 cm³/mol. The van der Waals surface area contributed by atoms with Crippen LogP contribution in [0.4, 0.5) is 5.69 Å². The zero-order chi connectivity index (χ0) is 20.2. The van der Waals surface area contributed by atoms with Gasteiger partial charge in [0.05, 0.1) is 19.8 Å². The number of carbonyl (C=O) groups is 1. The molecule has 1 N–H and O–H groups in total. The monoisotopic (exact) mass is 393 g/mol. The summed E-state index contributed by atoms with van der Waals surface area (Å²) in [4.78, 5) is 12.5. The molecule has 1 fully saturated rings. The number of carbonyl (C=O) groups excluding carboxylic acids is 1. The third kappa shape index (κ3) is 4.60. The fourth-order valence-electron chi connectivity index (χ4n) is 2.99.